The smallest absolute Gasteiger partial charge is 0.416 e. The molecule has 0 unspecified atom stereocenters. The highest BCUT2D eigenvalue weighted by Gasteiger charge is 2.30. The van der Waals surface area contributed by atoms with Gasteiger partial charge in [-0.15, -0.1) is 0 Å². The van der Waals surface area contributed by atoms with Gasteiger partial charge in [0.05, 0.1) is 28.8 Å². The Bertz CT molecular complexity index is 1490. The van der Waals surface area contributed by atoms with Gasteiger partial charge in [-0.1, -0.05) is 6.07 Å². The van der Waals surface area contributed by atoms with Gasteiger partial charge >= 0.3 is 6.18 Å². The van der Waals surface area contributed by atoms with Crippen LogP contribution in [-0.2, 0) is 6.18 Å². The van der Waals surface area contributed by atoms with E-state index in [1.165, 1.54) is 30.3 Å². The molecule has 0 aliphatic carbocycles. The molecule has 0 bridgehead atoms. The Morgan fingerprint density at radius 2 is 1.82 bits per heavy atom. The van der Waals surface area contributed by atoms with Crippen LogP contribution in [-0.4, -0.2) is 22.1 Å². The minimum Gasteiger partial charge on any atom is -0.494 e. The molecule has 1 amide bonds. The van der Waals surface area contributed by atoms with Crippen LogP contribution in [0.3, 0.4) is 0 Å². The van der Waals surface area contributed by atoms with Gasteiger partial charge < -0.3 is 15.0 Å². The molecule has 174 valence electrons. The first kappa shape index (κ1) is 23.2. The van der Waals surface area contributed by atoms with E-state index in [0.29, 0.717) is 18.0 Å². The highest BCUT2D eigenvalue weighted by molar-refractivity contribution is 7.71. The number of ether oxygens (including phenoxy) is 1. The summed E-state index contributed by atoms with van der Waals surface area (Å²) in [5, 5.41) is 2.92. The third-order valence-corrected chi connectivity index (χ3v) is 5.30. The van der Waals surface area contributed by atoms with Crippen LogP contribution in [0.2, 0.25) is 0 Å². The third-order valence-electron chi connectivity index (χ3n) is 5.01. The van der Waals surface area contributed by atoms with Crippen molar-refractivity contribution < 1.29 is 22.7 Å². The van der Waals surface area contributed by atoms with Crippen molar-refractivity contribution in [3.05, 3.63) is 93.0 Å². The van der Waals surface area contributed by atoms with E-state index < -0.39 is 23.2 Å². The maximum absolute atomic E-state index is 13.1. The van der Waals surface area contributed by atoms with E-state index in [1.54, 1.807) is 24.3 Å². The molecule has 10 heteroatoms. The van der Waals surface area contributed by atoms with Crippen LogP contribution in [0.1, 0.15) is 22.8 Å². The summed E-state index contributed by atoms with van der Waals surface area (Å²) in [6, 6.07) is 15.6. The molecule has 4 aromatic rings. The summed E-state index contributed by atoms with van der Waals surface area (Å²) in [7, 11) is 0. The van der Waals surface area contributed by atoms with Gasteiger partial charge in [0.15, 0.2) is 4.77 Å². The molecule has 3 aromatic carbocycles. The number of anilines is 1. The van der Waals surface area contributed by atoms with E-state index in [2.05, 4.69) is 10.3 Å². The number of carbonyl (C=O) groups excluding carboxylic acids is 1. The van der Waals surface area contributed by atoms with Crippen molar-refractivity contribution in [1.29, 1.82) is 0 Å². The van der Waals surface area contributed by atoms with Gasteiger partial charge in [-0.25, -0.2) is 0 Å². The number of carbonyl (C=O) groups is 1. The number of aromatic nitrogens is 2. The lowest BCUT2D eigenvalue weighted by Crippen LogP contribution is -2.21. The van der Waals surface area contributed by atoms with Crippen molar-refractivity contribution in [1.82, 2.24) is 9.55 Å². The number of hydrogen-bond acceptors (Lipinski definition) is 4. The van der Waals surface area contributed by atoms with Crippen LogP contribution in [0, 0.1) is 4.77 Å². The number of rotatable bonds is 5. The van der Waals surface area contributed by atoms with Gasteiger partial charge in [0.25, 0.3) is 11.5 Å². The van der Waals surface area contributed by atoms with Crippen molar-refractivity contribution in [3.63, 3.8) is 0 Å². The summed E-state index contributed by atoms with van der Waals surface area (Å²) in [6.07, 6.45) is -4.56. The molecule has 0 fully saturated rings. The lowest BCUT2D eigenvalue weighted by atomic mass is 10.1. The van der Waals surface area contributed by atoms with E-state index in [0.717, 1.165) is 16.7 Å². The monoisotopic (exact) mass is 485 g/mol. The van der Waals surface area contributed by atoms with E-state index in [4.69, 9.17) is 17.0 Å². The number of benzene rings is 3. The van der Waals surface area contributed by atoms with Crippen molar-refractivity contribution >= 4 is 34.7 Å². The maximum Gasteiger partial charge on any atom is 0.416 e. The molecule has 4 rings (SSSR count). The molecule has 0 saturated carbocycles. The Morgan fingerprint density at radius 1 is 1.09 bits per heavy atom. The summed E-state index contributed by atoms with van der Waals surface area (Å²) in [5.41, 5.74) is -0.396. The Labute approximate surface area is 196 Å². The molecule has 1 aromatic heterocycles. The van der Waals surface area contributed by atoms with Gasteiger partial charge in [-0.2, -0.15) is 13.2 Å². The quantitative estimate of drug-likeness (QED) is 0.355. The zero-order chi connectivity index (χ0) is 24.5. The van der Waals surface area contributed by atoms with Gasteiger partial charge in [-0.3, -0.25) is 14.2 Å². The Balaban J connectivity index is 1.68. The molecule has 0 saturated heterocycles. The van der Waals surface area contributed by atoms with Gasteiger partial charge in [0.1, 0.15) is 5.75 Å². The number of H-pyrrole nitrogens is 1. The zero-order valence-corrected chi connectivity index (χ0v) is 18.6. The maximum atomic E-state index is 13.1. The first-order valence-electron chi connectivity index (χ1n) is 10.2. The van der Waals surface area contributed by atoms with Crippen LogP contribution in [0.25, 0.3) is 16.6 Å². The normalized spacial score (nSPS) is 11.4. The molecule has 6 nitrogen and oxygen atoms in total. The van der Waals surface area contributed by atoms with Crippen LogP contribution < -0.4 is 15.6 Å². The summed E-state index contributed by atoms with van der Waals surface area (Å²) in [6.45, 7) is 2.40. The van der Waals surface area contributed by atoms with Gasteiger partial charge in [0.2, 0.25) is 0 Å². The molecule has 0 spiro atoms. The second-order valence-electron chi connectivity index (χ2n) is 7.29. The number of fused-ring (bicyclic) bond motifs is 1. The lowest BCUT2D eigenvalue weighted by molar-refractivity contribution is -0.137. The predicted octanol–water partition coefficient (Wildman–Crippen LogP) is 5.72. The molecule has 34 heavy (non-hydrogen) atoms. The Morgan fingerprint density at radius 3 is 2.50 bits per heavy atom. The van der Waals surface area contributed by atoms with Gasteiger partial charge in [-0.05, 0) is 79.8 Å². The standard InChI is InChI=1S/C24H18F3N3O3S/c1-2-33-18-9-7-16(8-10-18)28-21(31)14-6-11-19-20(12-14)29-23(34)30(22(19)32)17-5-3-4-15(13-17)24(25,26)27/h3-13H,2H2,1H3,(H,28,31)(H,29,34). The molecular formula is C24H18F3N3O3S. The summed E-state index contributed by atoms with van der Waals surface area (Å²) >= 11 is 5.25. The second-order valence-corrected chi connectivity index (χ2v) is 7.68. The highest BCUT2D eigenvalue weighted by Crippen LogP contribution is 2.30. The lowest BCUT2D eigenvalue weighted by Gasteiger charge is -2.12. The molecule has 0 atom stereocenters. The SMILES string of the molecule is CCOc1ccc(NC(=O)c2ccc3c(=O)n(-c4cccc(C(F)(F)F)c4)c(=S)[nH]c3c2)cc1. The summed E-state index contributed by atoms with van der Waals surface area (Å²) in [5.74, 6) is 0.267. The number of nitrogens with zero attached hydrogens (tertiary/aromatic N) is 1. The van der Waals surface area contributed by atoms with Crippen LogP contribution in [0.5, 0.6) is 5.75 Å². The zero-order valence-electron chi connectivity index (χ0n) is 17.8. The Hall–Kier alpha value is -3.92. The van der Waals surface area contributed by atoms with Crippen LogP contribution >= 0.6 is 12.2 Å². The minimum absolute atomic E-state index is 0.0136. The third kappa shape index (κ3) is 4.72. The van der Waals surface area contributed by atoms with Crippen molar-refractivity contribution in [2.75, 3.05) is 11.9 Å². The number of aromatic amines is 1. The molecule has 0 aliphatic rings. The number of hydrogen-bond donors (Lipinski definition) is 2. The van der Waals surface area contributed by atoms with Crippen LogP contribution in [0.15, 0.2) is 71.5 Å². The largest absolute Gasteiger partial charge is 0.494 e. The van der Waals surface area contributed by atoms with Crippen molar-refractivity contribution in [3.8, 4) is 11.4 Å². The number of nitrogens with one attached hydrogen (secondary N) is 2. The predicted molar refractivity (Wildman–Crippen MR) is 125 cm³/mol. The van der Waals surface area contributed by atoms with E-state index in [-0.39, 0.29) is 26.9 Å². The fourth-order valence-electron chi connectivity index (χ4n) is 3.42. The van der Waals surface area contributed by atoms with Crippen molar-refractivity contribution in [2.45, 2.75) is 13.1 Å². The number of alkyl halides is 3. The van der Waals surface area contributed by atoms with Crippen molar-refractivity contribution in [2.24, 2.45) is 0 Å². The highest BCUT2D eigenvalue weighted by atomic mass is 32.1. The molecule has 2 N–H and O–H groups in total. The molecule has 0 radical (unpaired) electrons. The number of amides is 1. The minimum atomic E-state index is -4.56. The average molecular weight is 485 g/mol. The summed E-state index contributed by atoms with van der Waals surface area (Å²) in [4.78, 5) is 28.6. The molecule has 1 heterocycles. The first-order chi connectivity index (χ1) is 16.2. The number of halogens is 3. The second kappa shape index (κ2) is 9.14. The average Bonchev–Trinajstić information content (AvgIpc) is 2.80. The van der Waals surface area contributed by atoms with Crippen LogP contribution in [0.4, 0.5) is 18.9 Å². The van der Waals surface area contributed by atoms with E-state index in [9.17, 15) is 22.8 Å². The van der Waals surface area contributed by atoms with E-state index >= 15 is 0 Å². The molecule has 0 aliphatic heterocycles. The fourth-order valence-corrected chi connectivity index (χ4v) is 3.72. The fraction of sp³-hybridized carbons (Fsp3) is 0.125. The first-order valence-corrected chi connectivity index (χ1v) is 10.6. The topological polar surface area (TPSA) is 76.1 Å². The van der Waals surface area contributed by atoms with Gasteiger partial charge in [0, 0.05) is 11.3 Å². The molecular weight excluding hydrogens is 467 g/mol. The summed E-state index contributed by atoms with van der Waals surface area (Å²) < 4.78 is 45.6. The van der Waals surface area contributed by atoms with E-state index in [1.807, 2.05) is 6.92 Å². The Kier molecular flexibility index (Phi) is 6.25.